The van der Waals surface area contributed by atoms with Crippen molar-refractivity contribution in [3.8, 4) is 52.0 Å². The van der Waals surface area contributed by atoms with Gasteiger partial charge in [-0.25, -0.2) is 15.0 Å². The van der Waals surface area contributed by atoms with E-state index in [9.17, 15) is 0 Å². The molecule has 0 aliphatic heterocycles. The zero-order chi connectivity index (χ0) is 51.0. The molecule has 15 aromatic rings. The lowest BCUT2D eigenvalue weighted by Gasteiger charge is -2.19. The van der Waals surface area contributed by atoms with Crippen LogP contribution in [0.4, 0.5) is 0 Å². The Hall–Kier alpha value is -10.4. The first kappa shape index (κ1) is 44.2. The SMILES string of the molecule is O=P(c1nc(-c2ccccc2)nc(-n2c3ccccc3c3ccccc32)n1)(c1nc(-c2ccccc2)nc(-n2c3ccccc3c3ccccc32)n1)c1nc(-c2ccccc2)nc(-n2c3ccccc3c3ccccc32)n1. The smallest absolute Gasteiger partial charge is 0.278 e. The molecule has 0 bridgehead atoms. The molecule has 13 nitrogen and oxygen atoms in total. The van der Waals surface area contributed by atoms with Crippen molar-refractivity contribution >= 4 is 89.3 Å². The Labute approximate surface area is 439 Å². The van der Waals surface area contributed by atoms with Gasteiger partial charge in [0.25, 0.3) is 7.14 Å². The van der Waals surface area contributed by atoms with Crippen LogP contribution in [-0.2, 0) is 4.57 Å². The summed E-state index contributed by atoms with van der Waals surface area (Å²) < 4.78 is 24.2. The van der Waals surface area contributed by atoms with Crippen molar-refractivity contribution in [2.45, 2.75) is 0 Å². The Morgan fingerprint density at radius 3 is 0.675 bits per heavy atom. The molecule has 0 saturated carbocycles. The van der Waals surface area contributed by atoms with Crippen LogP contribution in [0.15, 0.2) is 237 Å². The fraction of sp³-hybridized carbons (Fsp3) is 0. The molecule has 362 valence electrons. The van der Waals surface area contributed by atoms with E-state index in [1.165, 1.54) is 0 Å². The quantitative estimate of drug-likeness (QED) is 0.128. The molecule has 14 heteroatoms. The zero-order valence-electron chi connectivity index (χ0n) is 40.7. The third kappa shape index (κ3) is 7.09. The Morgan fingerprint density at radius 1 is 0.234 bits per heavy atom. The Morgan fingerprint density at radius 2 is 0.442 bits per heavy atom. The lowest BCUT2D eigenvalue weighted by Crippen LogP contribution is -2.38. The summed E-state index contributed by atoms with van der Waals surface area (Å²) in [6, 6.07) is 77.6. The second-order valence-corrected chi connectivity index (χ2v) is 21.0. The first-order valence-electron chi connectivity index (χ1n) is 25.1. The average Bonchev–Trinajstić information content (AvgIpc) is 4.23. The van der Waals surface area contributed by atoms with Crippen LogP contribution in [0.25, 0.3) is 117 Å². The van der Waals surface area contributed by atoms with E-state index in [1.807, 2.05) is 214 Å². The average molecular weight is 1010 g/mol. The summed E-state index contributed by atoms with van der Waals surface area (Å²) in [6.07, 6.45) is 0. The molecule has 0 N–H and O–H groups in total. The van der Waals surface area contributed by atoms with Crippen LogP contribution < -0.4 is 16.7 Å². The summed E-state index contributed by atoms with van der Waals surface area (Å²) in [5, 5.41) is 5.98. The van der Waals surface area contributed by atoms with Gasteiger partial charge in [0.2, 0.25) is 34.5 Å². The van der Waals surface area contributed by atoms with Gasteiger partial charge in [0.15, 0.2) is 17.5 Å². The molecule has 9 aromatic carbocycles. The van der Waals surface area contributed by atoms with Gasteiger partial charge in [0.1, 0.15) is 0 Å². The summed E-state index contributed by atoms with van der Waals surface area (Å²) in [7, 11) is -4.79. The number of para-hydroxylation sites is 6. The molecule has 6 heterocycles. The van der Waals surface area contributed by atoms with Crippen molar-refractivity contribution in [1.29, 1.82) is 0 Å². The maximum absolute atomic E-state index is 18.2. The van der Waals surface area contributed by atoms with E-state index in [1.54, 1.807) is 0 Å². The second kappa shape index (κ2) is 17.7. The molecule has 0 atom stereocenters. The monoisotopic (exact) mass is 1010 g/mol. The molecule has 77 heavy (non-hydrogen) atoms. The van der Waals surface area contributed by atoms with E-state index in [-0.39, 0.29) is 52.0 Å². The van der Waals surface area contributed by atoms with E-state index in [0.717, 1.165) is 65.4 Å². The number of rotatable bonds is 9. The number of hydrogen-bond donors (Lipinski definition) is 0. The maximum Gasteiger partial charge on any atom is 0.278 e. The minimum Gasteiger partial charge on any atom is -0.299 e. The fourth-order valence-corrected chi connectivity index (χ4v) is 12.5. The van der Waals surface area contributed by atoms with Crippen LogP contribution in [0.1, 0.15) is 0 Å². The van der Waals surface area contributed by atoms with Gasteiger partial charge >= 0.3 is 0 Å². The first-order valence-corrected chi connectivity index (χ1v) is 26.8. The van der Waals surface area contributed by atoms with E-state index >= 15 is 4.57 Å². The summed E-state index contributed by atoms with van der Waals surface area (Å²) in [5.41, 5.74) is 6.67. The number of hydrogen-bond acceptors (Lipinski definition) is 10. The lowest BCUT2D eigenvalue weighted by molar-refractivity contribution is 0.588. The second-order valence-electron chi connectivity index (χ2n) is 18.6. The molecule has 0 aliphatic carbocycles. The summed E-state index contributed by atoms with van der Waals surface area (Å²) in [5.74, 6) is 1.50. The number of fused-ring (bicyclic) bond motifs is 9. The number of benzene rings is 9. The summed E-state index contributed by atoms with van der Waals surface area (Å²) in [6.45, 7) is 0. The normalized spacial score (nSPS) is 11.9. The van der Waals surface area contributed by atoms with E-state index < -0.39 is 7.14 Å². The predicted octanol–water partition coefficient (Wildman–Crippen LogP) is 12.2. The van der Waals surface area contributed by atoms with E-state index in [0.29, 0.717) is 16.7 Å². The van der Waals surface area contributed by atoms with E-state index in [2.05, 4.69) is 36.4 Å². The molecule has 15 rings (SSSR count). The topological polar surface area (TPSA) is 148 Å². The molecule has 0 unspecified atom stereocenters. The molecule has 0 aliphatic rings. The van der Waals surface area contributed by atoms with Crippen LogP contribution in [0.5, 0.6) is 0 Å². The van der Waals surface area contributed by atoms with Crippen LogP contribution in [0, 0.1) is 0 Å². The van der Waals surface area contributed by atoms with Gasteiger partial charge in [-0.15, -0.1) is 0 Å². The zero-order valence-corrected chi connectivity index (χ0v) is 41.6. The third-order valence-electron chi connectivity index (χ3n) is 14.1. The Balaban J connectivity index is 1.11. The molecule has 0 amide bonds. The highest BCUT2D eigenvalue weighted by atomic mass is 31.2. The molecule has 0 spiro atoms. The number of aromatic nitrogens is 12. The number of nitrogens with zero attached hydrogens (tertiary/aromatic N) is 12. The van der Waals surface area contributed by atoms with Crippen molar-refractivity contribution in [3.63, 3.8) is 0 Å². The molecule has 6 aromatic heterocycles. The third-order valence-corrected chi connectivity index (χ3v) is 16.4. The van der Waals surface area contributed by atoms with Gasteiger partial charge in [0, 0.05) is 49.0 Å². The van der Waals surface area contributed by atoms with Gasteiger partial charge in [-0.2, -0.15) is 29.9 Å². The summed E-state index contributed by atoms with van der Waals surface area (Å²) in [4.78, 5) is 47.7. The predicted molar refractivity (Wildman–Crippen MR) is 305 cm³/mol. The Bertz CT molecular complexity index is 4220. The minimum atomic E-state index is -4.79. The molecular formula is C63H39N12OP. The van der Waals surface area contributed by atoms with Gasteiger partial charge in [-0.05, 0) is 36.4 Å². The van der Waals surface area contributed by atoms with Crippen molar-refractivity contribution in [2.24, 2.45) is 0 Å². The fourth-order valence-electron chi connectivity index (χ4n) is 10.6. The van der Waals surface area contributed by atoms with Crippen LogP contribution in [0.2, 0.25) is 0 Å². The van der Waals surface area contributed by atoms with Crippen molar-refractivity contribution in [3.05, 3.63) is 237 Å². The highest BCUT2D eigenvalue weighted by molar-refractivity contribution is 7.84. The highest BCUT2D eigenvalue weighted by Gasteiger charge is 2.43. The first-order chi connectivity index (χ1) is 38.1. The van der Waals surface area contributed by atoms with Crippen molar-refractivity contribution in [1.82, 2.24) is 58.6 Å². The van der Waals surface area contributed by atoms with Gasteiger partial charge in [-0.1, -0.05) is 200 Å². The molecular weight excluding hydrogens is 972 g/mol. The highest BCUT2D eigenvalue weighted by Crippen LogP contribution is 2.42. The van der Waals surface area contributed by atoms with Crippen LogP contribution in [0.3, 0.4) is 0 Å². The van der Waals surface area contributed by atoms with E-state index in [4.69, 9.17) is 44.9 Å². The standard InChI is InChI=1S/C63H39N12OP/c76-77(61-67-55(40-22-4-1-5-23-40)64-58(70-61)73-49-34-16-10-28-43(49)44-29-11-17-35-50(44)73,62-68-56(41-24-6-2-7-25-41)65-59(71-62)74-51-36-18-12-30-45(51)46-31-13-19-37-52(46)74)63-69-57(42-26-8-3-9-27-42)66-60(72-63)75-53-38-20-14-32-47(53)48-33-15-21-39-54(48)75/h1-39H. The largest absolute Gasteiger partial charge is 0.299 e. The summed E-state index contributed by atoms with van der Waals surface area (Å²) >= 11 is 0. The van der Waals surface area contributed by atoms with Crippen LogP contribution >= 0.6 is 7.14 Å². The minimum absolute atomic E-state index is 0.139. The molecule has 0 fully saturated rings. The van der Waals surface area contributed by atoms with Crippen molar-refractivity contribution in [2.75, 3.05) is 0 Å². The van der Waals surface area contributed by atoms with Crippen molar-refractivity contribution < 1.29 is 4.57 Å². The van der Waals surface area contributed by atoms with Gasteiger partial charge in [-0.3, -0.25) is 18.3 Å². The van der Waals surface area contributed by atoms with Crippen LogP contribution in [-0.4, -0.2) is 58.6 Å². The van der Waals surface area contributed by atoms with Gasteiger partial charge in [0.05, 0.1) is 33.1 Å². The molecule has 0 radical (unpaired) electrons. The maximum atomic E-state index is 18.2. The lowest BCUT2D eigenvalue weighted by atomic mass is 10.2. The van der Waals surface area contributed by atoms with Gasteiger partial charge < -0.3 is 0 Å². The molecule has 0 saturated heterocycles. The Kier molecular flexibility index (Phi) is 10.1.